The van der Waals surface area contributed by atoms with Crippen LogP contribution in [0.3, 0.4) is 0 Å². The van der Waals surface area contributed by atoms with Gasteiger partial charge in [-0.15, -0.1) is 11.3 Å². The molecular formula is C29H27N3O3S. The summed E-state index contributed by atoms with van der Waals surface area (Å²) in [5, 5.41) is 6.01. The van der Waals surface area contributed by atoms with E-state index in [2.05, 4.69) is 17.4 Å². The van der Waals surface area contributed by atoms with Gasteiger partial charge in [-0.1, -0.05) is 48.5 Å². The molecule has 1 aliphatic heterocycles. The predicted octanol–water partition coefficient (Wildman–Crippen LogP) is 5.77. The van der Waals surface area contributed by atoms with Crippen LogP contribution in [0.15, 0.2) is 72.1 Å². The highest BCUT2D eigenvalue weighted by molar-refractivity contribution is 7.10. The molecule has 5 rings (SSSR count). The topological polar surface area (TPSA) is 71.5 Å². The number of nitrogens with zero attached hydrogens (tertiary/aromatic N) is 2. The summed E-state index contributed by atoms with van der Waals surface area (Å²) in [5.41, 5.74) is 6.21. The van der Waals surface area contributed by atoms with Crippen molar-refractivity contribution < 1.29 is 14.3 Å². The summed E-state index contributed by atoms with van der Waals surface area (Å²) in [6.07, 6.45) is 0.0910. The Morgan fingerprint density at radius 2 is 1.81 bits per heavy atom. The minimum absolute atomic E-state index is 0.104. The highest BCUT2D eigenvalue weighted by Crippen LogP contribution is 2.38. The maximum Gasteiger partial charge on any atom is 0.268 e. The van der Waals surface area contributed by atoms with Gasteiger partial charge in [-0.25, -0.2) is 4.98 Å². The van der Waals surface area contributed by atoms with E-state index < -0.39 is 6.10 Å². The Bertz CT molecular complexity index is 1410. The SMILES string of the molecule is Cc1cccc(C)c1NC(=O)CN1C(=O)C(C)Oc2ccc(-c3csc(Cc4ccccc4)n3)cc21. The van der Waals surface area contributed by atoms with Gasteiger partial charge in [0.15, 0.2) is 6.10 Å². The minimum Gasteiger partial charge on any atom is -0.479 e. The molecule has 0 saturated heterocycles. The molecular weight excluding hydrogens is 470 g/mol. The molecule has 0 spiro atoms. The van der Waals surface area contributed by atoms with Gasteiger partial charge < -0.3 is 10.1 Å². The predicted molar refractivity (Wildman–Crippen MR) is 144 cm³/mol. The monoisotopic (exact) mass is 497 g/mol. The second kappa shape index (κ2) is 9.95. The number of para-hydroxylation sites is 1. The third kappa shape index (κ3) is 4.88. The maximum absolute atomic E-state index is 13.1. The second-order valence-corrected chi connectivity index (χ2v) is 9.91. The fourth-order valence-corrected chi connectivity index (χ4v) is 5.20. The fraction of sp³-hybridized carbons (Fsp3) is 0.207. The lowest BCUT2D eigenvalue weighted by molar-refractivity contribution is -0.127. The maximum atomic E-state index is 13.1. The lowest BCUT2D eigenvalue weighted by Gasteiger charge is -2.33. The van der Waals surface area contributed by atoms with Gasteiger partial charge in [0.1, 0.15) is 12.3 Å². The molecule has 6 nitrogen and oxygen atoms in total. The first kappa shape index (κ1) is 23.8. The zero-order chi connectivity index (χ0) is 25.2. The number of carbonyl (C=O) groups excluding carboxylic acids is 2. The van der Waals surface area contributed by atoms with E-state index in [1.165, 1.54) is 10.5 Å². The summed E-state index contributed by atoms with van der Waals surface area (Å²) in [7, 11) is 0. The number of aryl methyl sites for hydroxylation is 2. The molecule has 0 bridgehead atoms. The molecule has 7 heteroatoms. The van der Waals surface area contributed by atoms with Crippen LogP contribution in [0.4, 0.5) is 11.4 Å². The van der Waals surface area contributed by atoms with Crippen LogP contribution in [0.2, 0.25) is 0 Å². The Kier molecular flexibility index (Phi) is 6.57. The summed E-state index contributed by atoms with van der Waals surface area (Å²) in [5.74, 6) is 0.0646. The normalized spacial score (nSPS) is 14.8. The number of fused-ring (bicyclic) bond motifs is 1. The molecule has 2 amide bonds. The number of carbonyl (C=O) groups is 2. The van der Waals surface area contributed by atoms with E-state index in [1.54, 1.807) is 18.3 Å². The molecule has 1 atom stereocenters. The van der Waals surface area contributed by atoms with Crippen LogP contribution in [-0.4, -0.2) is 29.4 Å². The second-order valence-electron chi connectivity index (χ2n) is 8.97. The van der Waals surface area contributed by atoms with Crippen LogP contribution >= 0.6 is 11.3 Å². The number of amides is 2. The number of hydrogen-bond acceptors (Lipinski definition) is 5. The van der Waals surface area contributed by atoms with Crippen LogP contribution in [0.5, 0.6) is 5.75 Å². The van der Waals surface area contributed by atoms with Gasteiger partial charge in [0, 0.05) is 23.1 Å². The first-order valence-electron chi connectivity index (χ1n) is 11.9. The highest BCUT2D eigenvalue weighted by Gasteiger charge is 2.33. The van der Waals surface area contributed by atoms with Gasteiger partial charge >= 0.3 is 0 Å². The molecule has 0 saturated carbocycles. The summed E-state index contributed by atoms with van der Waals surface area (Å²) in [6.45, 7) is 5.50. The van der Waals surface area contributed by atoms with Crippen molar-refractivity contribution in [1.82, 2.24) is 4.98 Å². The molecule has 4 aromatic rings. The largest absolute Gasteiger partial charge is 0.479 e. The third-order valence-corrected chi connectivity index (χ3v) is 7.11. The van der Waals surface area contributed by atoms with E-state index in [9.17, 15) is 9.59 Å². The van der Waals surface area contributed by atoms with Crippen LogP contribution in [0.1, 0.15) is 28.6 Å². The molecule has 1 N–H and O–H groups in total. The number of thiazole rings is 1. The lowest BCUT2D eigenvalue weighted by Crippen LogP contribution is -2.47. The summed E-state index contributed by atoms with van der Waals surface area (Å²) >= 11 is 1.61. The molecule has 36 heavy (non-hydrogen) atoms. The molecule has 1 aliphatic rings. The summed E-state index contributed by atoms with van der Waals surface area (Å²) < 4.78 is 5.85. The molecule has 3 aromatic carbocycles. The lowest BCUT2D eigenvalue weighted by atomic mass is 10.1. The van der Waals surface area contributed by atoms with E-state index in [4.69, 9.17) is 9.72 Å². The van der Waals surface area contributed by atoms with Gasteiger partial charge in [-0.3, -0.25) is 14.5 Å². The number of ether oxygens (including phenoxy) is 1. The number of nitrogens with one attached hydrogen (secondary N) is 1. The van der Waals surface area contributed by atoms with Gasteiger partial charge in [-0.2, -0.15) is 0 Å². The van der Waals surface area contributed by atoms with E-state index in [0.29, 0.717) is 11.4 Å². The number of benzene rings is 3. The van der Waals surface area contributed by atoms with Gasteiger partial charge in [0.05, 0.1) is 16.4 Å². The van der Waals surface area contributed by atoms with Crippen molar-refractivity contribution >= 4 is 34.5 Å². The van der Waals surface area contributed by atoms with Crippen molar-refractivity contribution in [2.24, 2.45) is 0 Å². The zero-order valence-electron chi connectivity index (χ0n) is 20.4. The quantitative estimate of drug-likeness (QED) is 0.367. The number of rotatable bonds is 6. The standard InChI is InChI=1S/C29H27N3O3S/c1-18-8-7-9-19(2)28(18)31-26(33)16-32-24-15-22(12-13-25(24)35-20(3)29(32)34)23-17-36-27(30-23)14-21-10-5-4-6-11-21/h4-13,15,17,20H,14,16H2,1-3H3,(H,31,33). The van der Waals surface area contributed by atoms with Crippen LogP contribution in [0.25, 0.3) is 11.3 Å². The molecule has 182 valence electrons. The first-order valence-corrected chi connectivity index (χ1v) is 12.7. The van der Waals surface area contributed by atoms with E-state index >= 15 is 0 Å². The average molecular weight is 498 g/mol. The smallest absolute Gasteiger partial charge is 0.268 e. The van der Waals surface area contributed by atoms with Crippen molar-refractivity contribution in [2.45, 2.75) is 33.3 Å². The van der Waals surface area contributed by atoms with E-state index in [0.717, 1.165) is 39.5 Å². The van der Waals surface area contributed by atoms with Crippen LogP contribution in [0, 0.1) is 13.8 Å². The average Bonchev–Trinajstić information content (AvgIpc) is 3.33. The fourth-order valence-electron chi connectivity index (χ4n) is 4.36. The molecule has 0 fully saturated rings. The Morgan fingerprint density at radius 1 is 1.06 bits per heavy atom. The van der Waals surface area contributed by atoms with Crippen molar-refractivity contribution in [3.63, 3.8) is 0 Å². The molecule has 1 unspecified atom stereocenters. The first-order chi connectivity index (χ1) is 17.4. The third-order valence-electron chi connectivity index (χ3n) is 6.26. The van der Waals surface area contributed by atoms with Crippen molar-refractivity contribution in [1.29, 1.82) is 0 Å². The molecule has 0 radical (unpaired) electrons. The van der Waals surface area contributed by atoms with E-state index in [-0.39, 0.29) is 18.4 Å². The molecule has 0 aliphatic carbocycles. The van der Waals surface area contributed by atoms with Gasteiger partial charge in [0.25, 0.3) is 5.91 Å². The number of aromatic nitrogens is 1. The summed E-state index contributed by atoms with van der Waals surface area (Å²) in [6, 6.07) is 21.8. The Morgan fingerprint density at radius 3 is 2.56 bits per heavy atom. The number of anilines is 2. The van der Waals surface area contributed by atoms with Crippen molar-refractivity contribution in [3.05, 3.63) is 93.8 Å². The van der Waals surface area contributed by atoms with Crippen LogP contribution in [-0.2, 0) is 16.0 Å². The zero-order valence-corrected chi connectivity index (χ0v) is 21.3. The van der Waals surface area contributed by atoms with Crippen LogP contribution < -0.4 is 15.0 Å². The number of hydrogen-bond donors (Lipinski definition) is 1. The van der Waals surface area contributed by atoms with Crippen molar-refractivity contribution in [3.8, 4) is 17.0 Å². The Balaban J connectivity index is 1.40. The molecule has 1 aromatic heterocycles. The highest BCUT2D eigenvalue weighted by atomic mass is 32.1. The van der Waals surface area contributed by atoms with Crippen molar-refractivity contribution in [2.75, 3.05) is 16.8 Å². The molecule has 2 heterocycles. The van der Waals surface area contributed by atoms with E-state index in [1.807, 2.05) is 73.8 Å². The Hall–Kier alpha value is -3.97. The summed E-state index contributed by atoms with van der Waals surface area (Å²) in [4.78, 5) is 32.4. The van der Waals surface area contributed by atoms with Gasteiger partial charge in [0.2, 0.25) is 5.91 Å². The Labute approximate surface area is 214 Å². The minimum atomic E-state index is -0.673. The van der Waals surface area contributed by atoms with Gasteiger partial charge in [-0.05, 0) is 55.7 Å².